The molecule has 0 saturated carbocycles. The van der Waals surface area contributed by atoms with Crippen LogP contribution in [0.2, 0.25) is 0 Å². The number of likely N-dealkylation sites (tertiary alicyclic amines) is 1. The largest absolute Gasteiger partial charge is 0.372 e. The highest BCUT2D eigenvalue weighted by Gasteiger charge is 2.29. The van der Waals surface area contributed by atoms with E-state index in [1.54, 1.807) is 11.8 Å². The summed E-state index contributed by atoms with van der Waals surface area (Å²) < 4.78 is 0. The fraction of sp³-hybridized carbons (Fsp3) is 0.462. The molecular formula is C26H34N4O2. The molecule has 170 valence electrons. The molecule has 6 heteroatoms. The highest BCUT2D eigenvalue weighted by Crippen LogP contribution is 2.25. The first-order valence-electron chi connectivity index (χ1n) is 11.7. The van der Waals surface area contributed by atoms with E-state index in [0.29, 0.717) is 19.6 Å². The van der Waals surface area contributed by atoms with Crippen molar-refractivity contribution in [1.29, 1.82) is 0 Å². The first-order valence-corrected chi connectivity index (χ1v) is 11.7. The van der Waals surface area contributed by atoms with E-state index >= 15 is 0 Å². The van der Waals surface area contributed by atoms with Gasteiger partial charge < -0.3 is 20.4 Å². The standard InChI is InChI=1S/C26H34N4O2/c1-19-11-14-29(15-12-19)25-9-7-24(8-10-25)28-23-5-3-21(4-6-23)17-27-26(32)22-13-16-30(18-22)20(2)31/h3-10,19,22,28H,11-18H2,1-2H3,(H,27,32). The fourth-order valence-electron chi connectivity index (χ4n) is 4.49. The zero-order valence-corrected chi connectivity index (χ0v) is 19.1. The van der Waals surface area contributed by atoms with Gasteiger partial charge in [-0.25, -0.2) is 0 Å². The van der Waals surface area contributed by atoms with Crippen LogP contribution in [0.25, 0.3) is 0 Å². The number of nitrogens with one attached hydrogen (secondary N) is 2. The monoisotopic (exact) mass is 434 g/mol. The van der Waals surface area contributed by atoms with E-state index in [2.05, 4.69) is 46.7 Å². The minimum Gasteiger partial charge on any atom is -0.372 e. The molecule has 4 rings (SSSR count). The minimum absolute atomic E-state index is 0.0270. The number of benzene rings is 2. The molecule has 32 heavy (non-hydrogen) atoms. The number of hydrogen-bond donors (Lipinski definition) is 2. The van der Waals surface area contributed by atoms with Crippen LogP contribution >= 0.6 is 0 Å². The molecule has 2 heterocycles. The predicted molar refractivity (Wildman–Crippen MR) is 129 cm³/mol. The third kappa shape index (κ3) is 5.61. The van der Waals surface area contributed by atoms with Gasteiger partial charge in [0, 0.05) is 56.7 Å². The summed E-state index contributed by atoms with van der Waals surface area (Å²) in [6, 6.07) is 16.8. The molecular weight excluding hydrogens is 400 g/mol. The smallest absolute Gasteiger partial charge is 0.225 e. The number of carbonyl (C=O) groups excluding carboxylic acids is 2. The van der Waals surface area contributed by atoms with E-state index < -0.39 is 0 Å². The van der Waals surface area contributed by atoms with Crippen LogP contribution in [0.5, 0.6) is 0 Å². The number of rotatable bonds is 6. The van der Waals surface area contributed by atoms with E-state index in [9.17, 15) is 9.59 Å². The Balaban J connectivity index is 1.25. The van der Waals surface area contributed by atoms with Crippen molar-refractivity contribution < 1.29 is 9.59 Å². The molecule has 2 aromatic rings. The number of hydrogen-bond acceptors (Lipinski definition) is 4. The Morgan fingerprint density at radius 3 is 2.12 bits per heavy atom. The van der Waals surface area contributed by atoms with Gasteiger partial charge in [-0.2, -0.15) is 0 Å². The lowest BCUT2D eigenvalue weighted by atomic mass is 9.99. The van der Waals surface area contributed by atoms with Gasteiger partial charge in [-0.15, -0.1) is 0 Å². The van der Waals surface area contributed by atoms with Crippen LogP contribution in [-0.2, 0) is 16.1 Å². The third-order valence-corrected chi connectivity index (χ3v) is 6.73. The zero-order chi connectivity index (χ0) is 22.5. The van der Waals surface area contributed by atoms with Crippen molar-refractivity contribution in [2.75, 3.05) is 36.4 Å². The molecule has 0 spiro atoms. The van der Waals surface area contributed by atoms with Crippen LogP contribution in [-0.4, -0.2) is 42.9 Å². The topological polar surface area (TPSA) is 64.7 Å². The average Bonchev–Trinajstić information content (AvgIpc) is 3.31. The van der Waals surface area contributed by atoms with Crippen molar-refractivity contribution in [2.24, 2.45) is 11.8 Å². The van der Waals surface area contributed by atoms with Crippen molar-refractivity contribution in [2.45, 2.75) is 39.7 Å². The first-order chi connectivity index (χ1) is 15.5. The highest BCUT2D eigenvalue weighted by atomic mass is 16.2. The number of carbonyl (C=O) groups is 2. The van der Waals surface area contributed by atoms with Crippen molar-refractivity contribution in [3.63, 3.8) is 0 Å². The number of anilines is 3. The summed E-state index contributed by atoms with van der Waals surface area (Å²) in [5, 5.41) is 6.46. The van der Waals surface area contributed by atoms with Crippen LogP contribution < -0.4 is 15.5 Å². The summed E-state index contributed by atoms with van der Waals surface area (Å²) in [7, 11) is 0. The van der Waals surface area contributed by atoms with E-state index in [-0.39, 0.29) is 17.7 Å². The molecule has 2 aromatic carbocycles. The second-order valence-corrected chi connectivity index (χ2v) is 9.21. The molecule has 2 N–H and O–H groups in total. The first kappa shape index (κ1) is 22.2. The Labute approximate surface area is 191 Å². The molecule has 6 nitrogen and oxygen atoms in total. The molecule has 0 bridgehead atoms. The summed E-state index contributed by atoms with van der Waals surface area (Å²) in [5.41, 5.74) is 4.44. The molecule has 0 aromatic heterocycles. The molecule has 2 saturated heterocycles. The summed E-state index contributed by atoms with van der Waals surface area (Å²) in [5.74, 6) is 0.804. The van der Waals surface area contributed by atoms with E-state index in [4.69, 9.17) is 0 Å². The molecule has 2 amide bonds. The van der Waals surface area contributed by atoms with Crippen LogP contribution in [0.3, 0.4) is 0 Å². The Hall–Kier alpha value is -3.02. The minimum atomic E-state index is -0.101. The third-order valence-electron chi connectivity index (χ3n) is 6.73. The van der Waals surface area contributed by atoms with Crippen molar-refractivity contribution in [1.82, 2.24) is 10.2 Å². The van der Waals surface area contributed by atoms with Crippen LogP contribution in [0, 0.1) is 11.8 Å². The Morgan fingerprint density at radius 1 is 0.906 bits per heavy atom. The number of piperidine rings is 1. The maximum absolute atomic E-state index is 12.4. The van der Waals surface area contributed by atoms with E-state index in [1.807, 2.05) is 24.3 Å². The SMILES string of the molecule is CC(=O)N1CCC(C(=O)NCc2ccc(Nc3ccc(N4CCC(C)CC4)cc3)cc2)C1. The summed E-state index contributed by atoms with van der Waals surface area (Å²) in [6.45, 7) is 7.87. The fourth-order valence-corrected chi connectivity index (χ4v) is 4.49. The number of nitrogens with zero attached hydrogens (tertiary/aromatic N) is 2. The molecule has 2 fully saturated rings. The van der Waals surface area contributed by atoms with Crippen molar-refractivity contribution in [3.05, 3.63) is 54.1 Å². The maximum atomic E-state index is 12.4. The van der Waals surface area contributed by atoms with Gasteiger partial charge in [-0.1, -0.05) is 19.1 Å². The van der Waals surface area contributed by atoms with E-state index in [0.717, 1.165) is 42.4 Å². The normalized spacial score (nSPS) is 19.1. The second-order valence-electron chi connectivity index (χ2n) is 9.21. The van der Waals surface area contributed by atoms with Gasteiger partial charge in [0.2, 0.25) is 11.8 Å². The Morgan fingerprint density at radius 2 is 1.53 bits per heavy atom. The Bertz CT molecular complexity index is 918. The van der Waals surface area contributed by atoms with Gasteiger partial charge in [-0.3, -0.25) is 9.59 Å². The predicted octanol–water partition coefficient (Wildman–Crippen LogP) is 4.15. The van der Waals surface area contributed by atoms with Gasteiger partial charge in [0.1, 0.15) is 0 Å². The lowest BCUT2D eigenvalue weighted by Gasteiger charge is -2.32. The molecule has 0 radical (unpaired) electrons. The quantitative estimate of drug-likeness (QED) is 0.717. The van der Waals surface area contributed by atoms with Gasteiger partial charge >= 0.3 is 0 Å². The molecule has 2 aliphatic heterocycles. The van der Waals surface area contributed by atoms with Crippen molar-refractivity contribution >= 4 is 28.9 Å². The molecule has 1 unspecified atom stereocenters. The second kappa shape index (κ2) is 10.1. The molecule has 1 atom stereocenters. The van der Waals surface area contributed by atoms with Gasteiger partial charge in [-0.05, 0) is 67.1 Å². The van der Waals surface area contributed by atoms with Gasteiger partial charge in [0.05, 0.1) is 5.92 Å². The summed E-state index contributed by atoms with van der Waals surface area (Å²) in [6.07, 6.45) is 3.28. The van der Waals surface area contributed by atoms with Gasteiger partial charge in [0.25, 0.3) is 0 Å². The molecule has 2 aliphatic rings. The molecule has 0 aliphatic carbocycles. The zero-order valence-electron chi connectivity index (χ0n) is 19.1. The van der Waals surface area contributed by atoms with Crippen LogP contribution in [0.15, 0.2) is 48.5 Å². The Kier molecular flexibility index (Phi) is 6.98. The van der Waals surface area contributed by atoms with Crippen molar-refractivity contribution in [3.8, 4) is 0 Å². The van der Waals surface area contributed by atoms with E-state index in [1.165, 1.54) is 18.5 Å². The van der Waals surface area contributed by atoms with Gasteiger partial charge in [0.15, 0.2) is 0 Å². The lowest BCUT2D eigenvalue weighted by molar-refractivity contribution is -0.128. The maximum Gasteiger partial charge on any atom is 0.225 e. The number of amides is 2. The summed E-state index contributed by atoms with van der Waals surface area (Å²) >= 11 is 0. The lowest BCUT2D eigenvalue weighted by Crippen LogP contribution is -2.33. The highest BCUT2D eigenvalue weighted by molar-refractivity contribution is 5.81. The average molecular weight is 435 g/mol. The van der Waals surface area contributed by atoms with Crippen LogP contribution in [0.4, 0.5) is 17.1 Å². The van der Waals surface area contributed by atoms with Crippen LogP contribution in [0.1, 0.15) is 38.7 Å². The summed E-state index contributed by atoms with van der Waals surface area (Å²) in [4.78, 5) is 28.0.